The number of rotatable bonds is 7. The summed E-state index contributed by atoms with van der Waals surface area (Å²) < 4.78 is 24.1. The first kappa shape index (κ1) is 21.1. The van der Waals surface area contributed by atoms with Crippen LogP contribution in [0.1, 0.15) is 26.3 Å². The fourth-order valence-electron chi connectivity index (χ4n) is 2.38. The van der Waals surface area contributed by atoms with E-state index < -0.39 is 22.4 Å². The third-order valence-corrected chi connectivity index (χ3v) is 3.57. The lowest BCUT2D eigenvalue weighted by molar-refractivity contribution is -0.384. The van der Waals surface area contributed by atoms with Crippen molar-refractivity contribution in [2.75, 3.05) is 13.2 Å². The second-order valence-electron chi connectivity index (χ2n) is 7.13. The normalized spacial score (nSPS) is 11.0. The van der Waals surface area contributed by atoms with E-state index in [1.807, 2.05) is 0 Å². The number of halogens is 1. The molecular formula is C20H23FN2O5. The SMILES string of the molecule is CC(C)(C)OC(=O)N(CCOc1cccc(F)c1)Cc1cccc([N+](=O)[O-])c1. The molecule has 0 spiro atoms. The van der Waals surface area contributed by atoms with E-state index in [1.54, 1.807) is 39.0 Å². The number of benzene rings is 2. The van der Waals surface area contributed by atoms with Crippen LogP contribution in [-0.4, -0.2) is 34.7 Å². The Labute approximate surface area is 162 Å². The number of hydrogen-bond donors (Lipinski definition) is 0. The Bertz CT molecular complexity index is 835. The molecule has 0 atom stereocenters. The average Bonchev–Trinajstić information content (AvgIpc) is 2.59. The maximum Gasteiger partial charge on any atom is 0.410 e. The highest BCUT2D eigenvalue weighted by molar-refractivity contribution is 5.68. The number of nitro groups is 1. The van der Waals surface area contributed by atoms with Crippen LogP contribution in [0.3, 0.4) is 0 Å². The van der Waals surface area contributed by atoms with Gasteiger partial charge in [-0.1, -0.05) is 18.2 Å². The van der Waals surface area contributed by atoms with Gasteiger partial charge in [0, 0.05) is 24.7 Å². The molecule has 0 saturated carbocycles. The van der Waals surface area contributed by atoms with Gasteiger partial charge in [0.15, 0.2) is 0 Å². The lowest BCUT2D eigenvalue weighted by Gasteiger charge is -2.27. The highest BCUT2D eigenvalue weighted by atomic mass is 19.1. The monoisotopic (exact) mass is 390 g/mol. The number of ether oxygens (including phenoxy) is 2. The van der Waals surface area contributed by atoms with Crippen molar-refractivity contribution in [3.8, 4) is 5.75 Å². The van der Waals surface area contributed by atoms with Crippen molar-refractivity contribution < 1.29 is 23.6 Å². The summed E-state index contributed by atoms with van der Waals surface area (Å²) in [6.07, 6.45) is -0.568. The van der Waals surface area contributed by atoms with Gasteiger partial charge in [-0.3, -0.25) is 10.1 Å². The fraction of sp³-hybridized carbons (Fsp3) is 0.350. The lowest BCUT2D eigenvalue weighted by Crippen LogP contribution is -2.38. The summed E-state index contributed by atoms with van der Waals surface area (Å²) in [6, 6.07) is 11.7. The van der Waals surface area contributed by atoms with Crippen LogP contribution in [0, 0.1) is 15.9 Å². The van der Waals surface area contributed by atoms with E-state index in [9.17, 15) is 19.3 Å². The Kier molecular flexibility index (Phi) is 6.92. The zero-order valence-corrected chi connectivity index (χ0v) is 16.1. The van der Waals surface area contributed by atoms with E-state index in [0.717, 1.165) is 0 Å². The molecule has 0 heterocycles. The molecule has 0 bridgehead atoms. The highest BCUT2D eigenvalue weighted by Crippen LogP contribution is 2.17. The van der Waals surface area contributed by atoms with Gasteiger partial charge in [0.2, 0.25) is 0 Å². The summed E-state index contributed by atoms with van der Waals surface area (Å²) in [4.78, 5) is 24.4. The quantitative estimate of drug-likeness (QED) is 0.512. The van der Waals surface area contributed by atoms with Gasteiger partial charge in [0.25, 0.3) is 5.69 Å². The van der Waals surface area contributed by atoms with Gasteiger partial charge in [-0.25, -0.2) is 9.18 Å². The van der Waals surface area contributed by atoms with Gasteiger partial charge < -0.3 is 14.4 Å². The van der Waals surface area contributed by atoms with Crippen LogP contribution in [0.15, 0.2) is 48.5 Å². The zero-order chi connectivity index (χ0) is 20.7. The first-order valence-electron chi connectivity index (χ1n) is 8.74. The third kappa shape index (κ3) is 6.86. The van der Waals surface area contributed by atoms with Crippen LogP contribution < -0.4 is 4.74 Å². The number of non-ortho nitro benzene ring substituents is 1. The van der Waals surface area contributed by atoms with Crippen molar-refractivity contribution >= 4 is 11.8 Å². The number of nitro benzene ring substituents is 1. The second kappa shape index (κ2) is 9.16. The summed E-state index contributed by atoms with van der Waals surface area (Å²) in [7, 11) is 0. The minimum absolute atomic E-state index is 0.0577. The molecule has 2 rings (SSSR count). The minimum Gasteiger partial charge on any atom is -0.492 e. The molecule has 28 heavy (non-hydrogen) atoms. The Balaban J connectivity index is 2.09. The predicted molar refractivity (Wildman–Crippen MR) is 102 cm³/mol. The number of carbonyl (C=O) groups excluding carboxylic acids is 1. The van der Waals surface area contributed by atoms with Crippen LogP contribution in [0.25, 0.3) is 0 Å². The number of nitrogens with zero attached hydrogens (tertiary/aromatic N) is 2. The van der Waals surface area contributed by atoms with Crippen LogP contribution in [0.2, 0.25) is 0 Å². The van der Waals surface area contributed by atoms with Gasteiger partial charge in [-0.15, -0.1) is 0 Å². The second-order valence-corrected chi connectivity index (χ2v) is 7.13. The molecule has 0 fully saturated rings. The third-order valence-electron chi connectivity index (χ3n) is 3.57. The molecule has 1 amide bonds. The molecule has 0 radical (unpaired) electrons. The van der Waals surface area contributed by atoms with Gasteiger partial charge in [0.05, 0.1) is 11.5 Å². The largest absolute Gasteiger partial charge is 0.492 e. The topological polar surface area (TPSA) is 81.9 Å². The molecule has 2 aromatic carbocycles. The van der Waals surface area contributed by atoms with E-state index in [4.69, 9.17) is 9.47 Å². The number of amides is 1. The van der Waals surface area contributed by atoms with Crippen molar-refractivity contribution in [3.05, 3.63) is 70.0 Å². The molecular weight excluding hydrogens is 367 g/mol. The van der Waals surface area contributed by atoms with E-state index >= 15 is 0 Å². The molecule has 8 heteroatoms. The van der Waals surface area contributed by atoms with E-state index in [1.165, 1.54) is 35.2 Å². The van der Waals surface area contributed by atoms with E-state index in [0.29, 0.717) is 11.3 Å². The predicted octanol–water partition coefficient (Wildman–Crippen LogP) is 4.55. The smallest absolute Gasteiger partial charge is 0.410 e. The van der Waals surface area contributed by atoms with Crippen molar-refractivity contribution in [2.45, 2.75) is 32.9 Å². The molecule has 0 aliphatic heterocycles. The Morgan fingerprint density at radius 1 is 1.18 bits per heavy atom. The van der Waals surface area contributed by atoms with Crippen molar-refractivity contribution in [2.24, 2.45) is 0 Å². The maximum absolute atomic E-state index is 13.2. The molecule has 0 saturated heterocycles. The fourth-order valence-corrected chi connectivity index (χ4v) is 2.38. The summed E-state index contributed by atoms with van der Waals surface area (Å²) in [5.41, 5.74) is -0.162. The minimum atomic E-state index is -0.693. The average molecular weight is 390 g/mol. The lowest BCUT2D eigenvalue weighted by atomic mass is 10.2. The van der Waals surface area contributed by atoms with Gasteiger partial charge in [0.1, 0.15) is 23.8 Å². The molecule has 2 aromatic rings. The molecule has 0 N–H and O–H groups in total. The van der Waals surface area contributed by atoms with Crippen LogP contribution in [0.5, 0.6) is 5.75 Å². The van der Waals surface area contributed by atoms with Crippen molar-refractivity contribution in [3.63, 3.8) is 0 Å². The number of hydrogen-bond acceptors (Lipinski definition) is 5. The zero-order valence-electron chi connectivity index (χ0n) is 16.1. The molecule has 7 nitrogen and oxygen atoms in total. The first-order chi connectivity index (χ1) is 13.1. The molecule has 0 aliphatic rings. The van der Waals surface area contributed by atoms with E-state index in [2.05, 4.69) is 0 Å². The number of carbonyl (C=O) groups is 1. The van der Waals surface area contributed by atoms with Crippen LogP contribution >= 0.6 is 0 Å². The molecule has 0 unspecified atom stereocenters. The van der Waals surface area contributed by atoms with E-state index in [-0.39, 0.29) is 25.4 Å². The summed E-state index contributed by atoms with van der Waals surface area (Å²) >= 11 is 0. The molecule has 0 aliphatic carbocycles. The van der Waals surface area contributed by atoms with Gasteiger partial charge in [-0.05, 0) is 38.5 Å². The van der Waals surface area contributed by atoms with Crippen molar-refractivity contribution in [1.82, 2.24) is 4.90 Å². The van der Waals surface area contributed by atoms with Gasteiger partial charge in [-0.2, -0.15) is 0 Å². The van der Waals surface area contributed by atoms with Crippen molar-refractivity contribution in [1.29, 1.82) is 0 Å². The molecule has 0 aromatic heterocycles. The summed E-state index contributed by atoms with van der Waals surface area (Å²) in [6.45, 7) is 5.63. The Morgan fingerprint density at radius 2 is 1.89 bits per heavy atom. The van der Waals surface area contributed by atoms with Crippen LogP contribution in [-0.2, 0) is 11.3 Å². The van der Waals surface area contributed by atoms with Crippen LogP contribution in [0.4, 0.5) is 14.9 Å². The maximum atomic E-state index is 13.2. The Morgan fingerprint density at radius 3 is 2.54 bits per heavy atom. The summed E-state index contributed by atoms with van der Waals surface area (Å²) in [5, 5.41) is 11.0. The molecule has 150 valence electrons. The standard InChI is InChI=1S/C20H23FN2O5/c1-20(2,3)28-19(24)22(10-11-27-18-9-5-7-16(21)13-18)14-15-6-4-8-17(12-15)23(25)26/h4-9,12-13H,10-11,14H2,1-3H3. The van der Waals surface area contributed by atoms with Gasteiger partial charge >= 0.3 is 6.09 Å². The summed E-state index contributed by atoms with van der Waals surface area (Å²) in [5.74, 6) is -0.0717. The highest BCUT2D eigenvalue weighted by Gasteiger charge is 2.23. The first-order valence-corrected chi connectivity index (χ1v) is 8.74. The Hall–Kier alpha value is -3.16.